The predicted octanol–water partition coefficient (Wildman–Crippen LogP) is 1.89. The summed E-state index contributed by atoms with van der Waals surface area (Å²) in [5.41, 5.74) is 4.95. The number of nitrogens with zero attached hydrogens (tertiary/aromatic N) is 3. The molecule has 0 radical (unpaired) electrons. The van der Waals surface area contributed by atoms with Gasteiger partial charge in [0.1, 0.15) is 5.75 Å². The molecule has 2 aromatic rings. The predicted molar refractivity (Wildman–Crippen MR) is 102 cm³/mol. The highest BCUT2D eigenvalue weighted by Crippen LogP contribution is 2.13. The van der Waals surface area contributed by atoms with Crippen molar-refractivity contribution in [3.05, 3.63) is 47.3 Å². The molecule has 0 aliphatic rings. The van der Waals surface area contributed by atoms with Gasteiger partial charge < -0.3 is 9.47 Å². The Morgan fingerprint density at radius 3 is 2.48 bits per heavy atom. The first-order valence-corrected chi connectivity index (χ1v) is 9.01. The number of rotatable bonds is 8. The molecule has 27 heavy (non-hydrogen) atoms. The number of hydrogen-bond acceptors (Lipinski definition) is 8. The Labute approximate surface area is 161 Å². The van der Waals surface area contributed by atoms with E-state index in [0.717, 1.165) is 17.0 Å². The summed E-state index contributed by atoms with van der Waals surface area (Å²) in [7, 11) is 1.30. The molecule has 1 aromatic carbocycles. The quantitative estimate of drug-likeness (QED) is 0.242. The van der Waals surface area contributed by atoms with Gasteiger partial charge in [-0.15, -0.1) is 0 Å². The van der Waals surface area contributed by atoms with E-state index < -0.39 is 5.97 Å². The number of benzene rings is 1. The molecule has 142 valence electrons. The monoisotopic (exact) mass is 388 g/mol. The van der Waals surface area contributed by atoms with Crippen molar-refractivity contribution < 1.29 is 19.1 Å². The smallest absolute Gasteiger partial charge is 0.343 e. The molecule has 0 aliphatic heterocycles. The van der Waals surface area contributed by atoms with Crippen LogP contribution in [0.2, 0.25) is 0 Å². The minimum absolute atomic E-state index is 0.151. The van der Waals surface area contributed by atoms with Crippen LogP contribution < -0.4 is 10.2 Å². The van der Waals surface area contributed by atoms with Crippen LogP contribution in [-0.4, -0.2) is 47.5 Å². The normalized spacial score (nSPS) is 10.6. The van der Waals surface area contributed by atoms with Crippen LogP contribution in [0.15, 0.2) is 40.6 Å². The minimum atomic E-state index is -0.451. The Kier molecular flexibility index (Phi) is 7.75. The third-order valence-corrected chi connectivity index (χ3v) is 4.01. The standard InChI is InChI=1S/C18H20N4O4S/c1-12-8-13(2)21-18(20-12)27-11-16(23)22-19-9-14-4-6-15(7-5-14)26-10-17(24)25-3/h4-9H,10-11H2,1-3H3,(H,22,23)/b19-9+. The first kappa shape index (κ1) is 20.4. The number of nitrogens with one attached hydrogen (secondary N) is 1. The molecule has 0 saturated heterocycles. The average Bonchev–Trinajstić information content (AvgIpc) is 2.64. The van der Waals surface area contributed by atoms with Crippen LogP contribution in [0.1, 0.15) is 17.0 Å². The zero-order chi connectivity index (χ0) is 19.6. The summed E-state index contributed by atoms with van der Waals surface area (Å²) in [5.74, 6) is -0.00324. The molecule has 1 heterocycles. The van der Waals surface area contributed by atoms with Crippen LogP contribution in [0.3, 0.4) is 0 Å². The van der Waals surface area contributed by atoms with Gasteiger partial charge >= 0.3 is 5.97 Å². The number of methoxy groups -OCH3 is 1. The molecule has 0 spiro atoms. The van der Waals surface area contributed by atoms with E-state index in [-0.39, 0.29) is 18.3 Å². The van der Waals surface area contributed by atoms with Crippen molar-refractivity contribution in [2.75, 3.05) is 19.5 Å². The summed E-state index contributed by atoms with van der Waals surface area (Å²) >= 11 is 1.25. The van der Waals surface area contributed by atoms with Gasteiger partial charge in [0.05, 0.1) is 19.1 Å². The highest BCUT2D eigenvalue weighted by Gasteiger charge is 2.05. The lowest BCUT2D eigenvalue weighted by molar-refractivity contribution is -0.142. The van der Waals surface area contributed by atoms with Crippen molar-refractivity contribution in [1.82, 2.24) is 15.4 Å². The zero-order valence-electron chi connectivity index (χ0n) is 15.3. The van der Waals surface area contributed by atoms with E-state index in [4.69, 9.17) is 4.74 Å². The summed E-state index contributed by atoms with van der Waals surface area (Å²) in [6.07, 6.45) is 1.51. The third kappa shape index (κ3) is 7.45. The van der Waals surface area contributed by atoms with Gasteiger partial charge in [-0.25, -0.2) is 20.2 Å². The fourth-order valence-corrected chi connectivity index (χ4v) is 2.69. The van der Waals surface area contributed by atoms with Crippen molar-refractivity contribution >= 4 is 29.9 Å². The van der Waals surface area contributed by atoms with Crippen LogP contribution in [-0.2, 0) is 14.3 Å². The van der Waals surface area contributed by atoms with E-state index in [0.29, 0.717) is 10.9 Å². The van der Waals surface area contributed by atoms with E-state index in [1.165, 1.54) is 25.1 Å². The van der Waals surface area contributed by atoms with Gasteiger partial charge in [-0.2, -0.15) is 5.10 Å². The zero-order valence-corrected chi connectivity index (χ0v) is 16.1. The van der Waals surface area contributed by atoms with Gasteiger partial charge in [-0.1, -0.05) is 11.8 Å². The molecule has 0 unspecified atom stereocenters. The average molecular weight is 388 g/mol. The van der Waals surface area contributed by atoms with Crippen molar-refractivity contribution in [2.45, 2.75) is 19.0 Å². The first-order chi connectivity index (χ1) is 13.0. The topological polar surface area (TPSA) is 103 Å². The lowest BCUT2D eigenvalue weighted by Crippen LogP contribution is -2.19. The van der Waals surface area contributed by atoms with Gasteiger partial charge in [0.2, 0.25) is 0 Å². The van der Waals surface area contributed by atoms with Gasteiger partial charge in [0.15, 0.2) is 11.8 Å². The Morgan fingerprint density at radius 2 is 1.85 bits per heavy atom. The Balaban J connectivity index is 1.77. The summed E-state index contributed by atoms with van der Waals surface area (Å²) < 4.78 is 9.74. The molecule has 0 fully saturated rings. The fourth-order valence-electron chi connectivity index (χ4n) is 1.95. The summed E-state index contributed by atoms with van der Waals surface area (Å²) in [4.78, 5) is 31.4. The van der Waals surface area contributed by atoms with Crippen LogP contribution in [0.5, 0.6) is 5.75 Å². The van der Waals surface area contributed by atoms with Gasteiger partial charge in [-0.3, -0.25) is 4.79 Å². The van der Waals surface area contributed by atoms with Gasteiger partial charge in [-0.05, 0) is 49.7 Å². The lowest BCUT2D eigenvalue weighted by atomic mass is 10.2. The minimum Gasteiger partial charge on any atom is -0.482 e. The van der Waals surface area contributed by atoms with Crippen molar-refractivity contribution in [3.63, 3.8) is 0 Å². The van der Waals surface area contributed by atoms with E-state index in [1.54, 1.807) is 24.3 Å². The Morgan fingerprint density at radius 1 is 1.19 bits per heavy atom. The molecule has 1 N–H and O–H groups in total. The van der Waals surface area contributed by atoms with Gasteiger partial charge in [0, 0.05) is 11.4 Å². The molecule has 1 aromatic heterocycles. The molecule has 0 saturated carbocycles. The van der Waals surface area contributed by atoms with E-state index in [2.05, 4.69) is 25.2 Å². The molecule has 1 amide bonds. The molecular formula is C18H20N4O4S. The number of amides is 1. The fraction of sp³-hybridized carbons (Fsp3) is 0.278. The van der Waals surface area contributed by atoms with E-state index in [9.17, 15) is 9.59 Å². The summed E-state index contributed by atoms with van der Waals surface area (Å²) in [5, 5.41) is 4.48. The molecule has 0 aliphatic carbocycles. The number of carbonyl (C=O) groups excluding carboxylic acids is 2. The highest BCUT2D eigenvalue weighted by molar-refractivity contribution is 7.99. The Hall–Kier alpha value is -2.94. The molecule has 8 nitrogen and oxygen atoms in total. The van der Waals surface area contributed by atoms with Crippen LogP contribution >= 0.6 is 11.8 Å². The number of hydrazone groups is 1. The summed E-state index contributed by atoms with van der Waals surface area (Å²) in [6, 6.07) is 8.76. The van der Waals surface area contributed by atoms with Crippen LogP contribution in [0, 0.1) is 13.8 Å². The second kappa shape index (κ2) is 10.3. The van der Waals surface area contributed by atoms with Crippen molar-refractivity contribution in [1.29, 1.82) is 0 Å². The number of thioether (sulfide) groups is 1. The number of aromatic nitrogens is 2. The number of aryl methyl sites for hydroxylation is 2. The second-order valence-electron chi connectivity index (χ2n) is 5.45. The first-order valence-electron chi connectivity index (χ1n) is 8.03. The highest BCUT2D eigenvalue weighted by atomic mass is 32.2. The number of carbonyl (C=O) groups is 2. The number of esters is 1. The maximum absolute atomic E-state index is 11.8. The van der Waals surface area contributed by atoms with Crippen molar-refractivity contribution in [3.8, 4) is 5.75 Å². The molecular weight excluding hydrogens is 368 g/mol. The SMILES string of the molecule is COC(=O)COc1ccc(/C=N/NC(=O)CSc2nc(C)cc(C)n2)cc1. The largest absolute Gasteiger partial charge is 0.482 e. The molecule has 9 heteroatoms. The Bertz CT molecular complexity index is 804. The number of ether oxygens (including phenoxy) is 2. The molecule has 0 bridgehead atoms. The maximum Gasteiger partial charge on any atom is 0.343 e. The van der Waals surface area contributed by atoms with Crippen molar-refractivity contribution in [2.24, 2.45) is 5.10 Å². The van der Waals surface area contributed by atoms with Crippen LogP contribution in [0.4, 0.5) is 0 Å². The van der Waals surface area contributed by atoms with E-state index >= 15 is 0 Å². The third-order valence-electron chi connectivity index (χ3n) is 3.16. The van der Waals surface area contributed by atoms with Gasteiger partial charge in [0.25, 0.3) is 5.91 Å². The lowest BCUT2D eigenvalue weighted by Gasteiger charge is -2.04. The maximum atomic E-state index is 11.8. The van der Waals surface area contributed by atoms with Crippen LogP contribution in [0.25, 0.3) is 0 Å². The number of hydrogen-bond donors (Lipinski definition) is 1. The molecule has 0 atom stereocenters. The molecule has 2 rings (SSSR count). The summed E-state index contributed by atoms with van der Waals surface area (Å²) in [6.45, 7) is 3.62. The second-order valence-corrected chi connectivity index (χ2v) is 6.39. The van der Waals surface area contributed by atoms with E-state index in [1.807, 2.05) is 19.9 Å².